The number of allylic oxidation sites excluding steroid dienone is 3. The van der Waals surface area contributed by atoms with E-state index in [1.807, 2.05) is 0 Å². The van der Waals surface area contributed by atoms with E-state index in [4.69, 9.17) is 0 Å². The predicted octanol–water partition coefficient (Wildman–Crippen LogP) is 4.23. The van der Waals surface area contributed by atoms with Crippen molar-refractivity contribution in [3.05, 3.63) is 124 Å². The van der Waals surface area contributed by atoms with Crippen LogP contribution in [-0.2, 0) is 0 Å². The van der Waals surface area contributed by atoms with Crippen LogP contribution >= 0.6 is 0 Å². The summed E-state index contributed by atoms with van der Waals surface area (Å²) in [6, 6.07) is 27.0. The number of hydrogen-bond donors (Lipinski definition) is 0. The molecule has 3 aromatic carbocycles. The van der Waals surface area contributed by atoms with E-state index < -0.39 is 8.07 Å². The first-order valence-electron chi connectivity index (χ1n) is 10.6. The molecule has 0 amide bonds. The van der Waals surface area contributed by atoms with Gasteiger partial charge in [-0.3, -0.25) is 0 Å². The third kappa shape index (κ3) is 2.73. The molecule has 3 unspecified atom stereocenters. The zero-order valence-electron chi connectivity index (χ0n) is 18.6. The van der Waals surface area contributed by atoms with Gasteiger partial charge in [-0.1, -0.05) is 116 Å². The molecule has 142 valence electrons. The van der Waals surface area contributed by atoms with E-state index in [1.165, 1.54) is 33.4 Å². The first-order chi connectivity index (χ1) is 14.3. The molecule has 0 spiro atoms. The molecule has 3 aliphatic carbocycles. The summed E-state index contributed by atoms with van der Waals surface area (Å²) in [5, 5.41) is 0. The Morgan fingerprint density at radius 2 is 0.833 bits per heavy atom. The maximum atomic E-state index is 2.65. The van der Waals surface area contributed by atoms with Crippen LogP contribution in [0, 0.1) is 0 Å². The summed E-state index contributed by atoms with van der Waals surface area (Å²) in [5.41, 5.74) is 10.3. The van der Waals surface area contributed by atoms with Gasteiger partial charge in [0.2, 0.25) is 0 Å². The summed E-state index contributed by atoms with van der Waals surface area (Å²) < 4.78 is 0. The minimum atomic E-state index is -1.96. The monoisotopic (exact) mass is 396 g/mol. The van der Waals surface area contributed by atoms with Gasteiger partial charge >= 0.3 is 18.9 Å². The third-order valence-electron chi connectivity index (χ3n) is 7.41. The Morgan fingerprint density at radius 1 is 0.533 bits per heavy atom. The molecule has 0 saturated carbocycles. The Balaban J connectivity index is 0.00000116. The molecule has 0 aliphatic heterocycles. The number of rotatable bonds is 3. The van der Waals surface area contributed by atoms with Crippen LogP contribution in [0.1, 0.15) is 51.4 Å². The fraction of sp³-hybridized carbons (Fsp3) is 0.143. The zero-order valence-corrected chi connectivity index (χ0v) is 18.6. The van der Waals surface area contributed by atoms with Gasteiger partial charge < -0.3 is 1.43 Å². The molecule has 2 heteroatoms. The molecule has 0 aromatic heterocycles. The summed E-state index contributed by atoms with van der Waals surface area (Å²) in [6.45, 7) is 2.65. The second-order valence-electron chi connectivity index (χ2n) is 8.76. The normalized spacial score (nSPS) is 24.1. The van der Waals surface area contributed by atoms with E-state index in [2.05, 4.69) is 116 Å². The molecule has 0 radical (unpaired) electrons. The zero-order chi connectivity index (χ0) is 19.4. The van der Waals surface area contributed by atoms with Crippen molar-refractivity contribution in [2.75, 3.05) is 0 Å². The van der Waals surface area contributed by atoms with Gasteiger partial charge in [0, 0.05) is 0 Å². The number of hydrogen-bond acceptors (Lipinski definition) is 0. The van der Waals surface area contributed by atoms with E-state index in [0.717, 1.165) is 0 Å². The van der Waals surface area contributed by atoms with Crippen LogP contribution in [0.5, 0.6) is 0 Å². The van der Waals surface area contributed by atoms with Crippen molar-refractivity contribution in [2.24, 2.45) is 0 Å². The van der Waals surface area contributed by atoms with Gasteiger partial charge in [-0.15, -0.1) is 0 Å². The third-order valence-corrected chi connectivity index (χ3v) is 12.9. The molecular weight excluding hydrogens is 371 g/mol. The summed E-state index contributed by atoms with van der Waals surface area (Å²) in [6.07, 6.45) is 14.6. The maximum absolute atomic E-state index is 2.65. The molecule has 3 atom stereocenters. The molecule has 0 saturated heterocycles. The van der Waals surface area contributed by atoms with Crippen LogP contribution < -0.4 is 18.9 Å². The Morgan fingerprint density at radius 3 is 1.17 bits per heavy atom. The SMILES string of the molecule is C[Si](C1C=Cc2ccccc21)(C1C=Cc2ccccc21)C1C=Cc2ccccc21.[H-].[Li+]. The molecular formula is C28H25LiSi. The van der Waals surface area contributed by atoms with E-state index in [0.29, 0.717) is 16.6 Å². The average Bonchev–Trinajstić information content (AvgIpc) is 3.49. The Bertz CT molecular complexity index is 1060. The van der Waals surface area contributed by atoms with E-state index in [9.17, 15) is 0 Å². The van der Waals surface area contributed by atoms with Gasteiger partial charge in [0.1, 0.15) is 0 Å². The first-order valence-corrected chi connectivity index (χ1v) is 13.3. The first kappa shape index (κ1) is 19.6. The molecule has 0 N–H and O–H groups in total. The largest absolute Gasteiger partial charge is 1.00 e. The number of benzene rings is 3. The Kier molecular flexibility index (Phi) is 4.87. The van der Waals surface area contributed by atoms with Crippen molar-refractivity contribution in [1.29, 1.82) is 0 Å². The standard InChI is InChI=1S/C28H24Si.Li.H/c1-29(26-17-14-20-8-2-5-11-23(20)26,27-18-15-21-9-3-6-12-24(21)27)28-19-16-22-10-4-7-13-25(22)28;;/h2-19,26-28H,1H3;;/q;+1;-1. The van der Waals surface area contributed by atoms with Crippen LogP contribution in [-0.4, -0.2) is 8.07 Å². The quantitative estimate of drug-likeness (QED) is 0.581. The van der Waals surface area contributed by atoms with E-state index in [1.54, 1.807) is 0 Å². The maximum Gasteiger partial charge on any atom is 1.00 e. The van der Waals surface area contributed by atoms with Crippen LogP contribution in [0.4, 0.5) is 0 Å². The fourth-order valence-electron chi connectivity index (χ4n) is 5.96. The predicted molar refractivity (Wildman–Crippen MR) is 127 cm³/mol. The number of fused-ring (bicyclic) bond motifs is 3. The molecule has 3 aliphatic rings. The minimum absolute atomic E-state index is 0. The van der Waals surface area contributed by atoms with E-state index in [-0.39, 0.29) is 20.3 Å². The molecule has 6 rings (SSSR count). The van der Waals surface area contributed by atoms with Crippen molar-refractivity contribution >= 4 is 26.3 Å². The van der Waals surface area contributed by atoms with Gasteiger partial charge in [0.25, 0.3) is 0 Å². The van der Waals surface area contributed by atoms with Crippen molar-refractivity contribution in [3.63, 3.8) is 0 Å². The van der Waals surface area contributed by atoms with Crippen LogP contribution in [0.2, 0.25) is 6.55 Å². The van der Waals surface area contributed by atoms with Crippen molar-refractivity contribution in [3.8, 4) is 0 Å². The molecule has 0 nitrogen and oxygen atoms in total. The van der Waals surface area contributed by atoms with Crippen LogP contribution in [0.3, 0.4) is 0 Å². The van der Waals surface area contributed by atoms with Crippen molar-refractivity contribution < 1.29 is 20.3 Å². The van der Waals surface area contributed by atoms with Gasteiger partial charge in [-0.05, 0) is 50.0 Å². The second kappa shape index (κ2) is 7.43. The minimum Gasteiger partial charge on any atom is -1.00 e. The van der Waals surface area contributed by atoms with Gasteiger partial charge in [0.15, 0.2) is 0 Å². The summed E-state index contributed by atoms with van der Waals surface area (Å²) >= 11 is 0. The fourth-order valence-corrected chi connectivity index (χ4v) is 11.4. The Hall–Kier alpha value is -2.31. The van der Waals surface area contributed by atoms with Gasteiger partial charge in [-0.25, -0.2) is 0 Å². The smallest absolute Gasteiger partial charge is 1.00 e. The molecule has 30 heavy (non-hydrogen) atoms. The summed E-state index contributed by atoms with van der Waals surface area (Å²) in [7, 11) is -1.96. The van der Waals surface area contributed by atoms with Crippen LogP contribution in [0.15, 0.2) is 91.0 Å². The Labute approximate surface area is 193 Å². The summed E-state index contributed by atoms with van der Waals surface area (Å²) in [5.74, 6) is 0. The summed E-state index contributed by atoms with van der Waals surface area (Å²) in [4.78, 5) is 0. The van der Waals surface area contributed by atoms with Gasteiger partial charge in [0.05, 0.1) is 8.07 Å². The van der Waals surface area contributed by atoms with E-state index >= 15 is 0 Å². The molecule has 3 aromatic rings. The van der Waals surface area contributed by atoms with Crippen molar-refractivity contribution in [1.82, 2.24) is 0 Å². The van der Waals surface area contributed by atoms with Crippen molar-refractivity contribution in [2.45, 2.75) is 23.2 Å². The molecule has 0 bridgehead atoms. The molecule has 0 heterocycles. The average molecular weight is 397 g/mol. The molecule has 0 fully saturated rings. The van der Waals surface area contributed by atoms with Gasteiger partial charge in [-0.2, -0.15) is 0 Å². The topological polar surface area (TPSA) is 0 Å². The van der Waals surface area contributed by atoms with Crippen LogP contribution in [0.25, 0.3) is 18.2 Å². The second-order valence-corrected chi connectivity index (χ2v) is 13.4.